The van der Waals surface area contributed by atoms with Crippen LogP contribution >= 0.6 is 0 Å². The summed E-state index contributed by atoms with van der Waals surface area (Å²) >= 11 is 0. The van der Waals surface area contributed by atoms with Crippen molar-refractivity contribution in [2.45, 2.75) is 38.0 Å². The molecule has 1 aromatic rings. The first-order chi connectivity index (χ1) is 9.53. The standard InChI is InChI=1S/C14H18FNO3S/c15-13-3-1-2-10(8-16-11-4-5-11)14(13)19-12-6-7-20(17,18)9-12/h1-3,11-12,16H,4-9H2. The minimum atomic E-state index is -3.02. The molecule has 1 N–H and O–H groups in total. The Morgan fingerprint density at radius 1 is 1.30 bits per heavy atom. The van der Waals surface area contributed by atoms with E-state index in [4.69, 9.17) is 4.74 Å². The lowest BCUT2D eigenvalue weighted by Crippen LogP contribution is -2.21. The summed E-state index contributed by atoms with van der Waals surface area (Å²) in [5.74, 6) is -0.120. The van der Waals surface area contributed by atoms with Crippen LogP contribution in [0.4, 0.5) is 4.39 Å². The Hall–Kier alpha value is -1.14. The monoisotopic (exact) mass is 299 g/mol. The van der Waals surface area contributed by atoms with Crippen molar-refractivity contribution in [3.63, 3.8) is 0 Å². The summed E-state index contributed by atoms with van der Waals surface area (Å²) in [7, 11) is -3.02. The second-order valence-electron chi connectivity index (χ2n) is 5.53. The molecule has 6 heteroatoms. The van der Waals surface area contributed by atoms with Gasteiger partial charge in [0.2, 0.25) is 0 Å². The van der Waals surface area contributed by atoms with Crippen LogP contribution in [0, 0.1) is 5.82 Å². The van der Waals surface area contributed by atoms with Crippen LogP contribution < -0.4 is 10.1 Å². The summed E-state index contributed by atoms with van der Waals surface area (Å²) in [5.41, 5.74) is 0.751. The van der Waals surface area contributed by atoms with Crippen molar-refractivity contribution in [3.8, 4) is 5.75 Å². The first-order valence-corrected chi connectivity index (χ1v) is 8.73. The largest absolute Gasteiger partial charge is 0.486 e. The predicted octanol–water partition coefficient (Wildman–Crippen LogP) is 1.64. The van der Waals surface area contributed by atoms with Gasteiger partial charge in [-0.1, -0.05) is 12.1 Å². The van der Waals surface area contributed by atoms with Gasteiger partial charge in [0, 0.05) is 18.2 Å². The van der Waals surface area contributed by atoms with Crippen LogP contribution in [0.3, 0.4) is 0 Å². The number of ether oxygens (including phenoxy) is 1. The molecule has 1 saturated carbocycles. The molecule has 1 atom stereocenters. The third-order valence-corrected chi connectivity index (χ3v) is 5.42. The lowest BCUT2D eigenvalue weighted by Gasteiger charge is -2.16. The van der Waals surface area contributed by atoms with Crippen molar-refractivity contribution in [1.82, 2.24) is 5.32 Å². The fraction of sp³-hybridized carbons (Fsp3) is 0.571. The van der Waals surface area contributed by atoms with Gasteiger partial charge in [-0.15, -0.1) is 0 Å². The zero-order chi connectivity index (χ0) is 14.2. The number of hydrogen-bond acceptors (Lipinski definition) is 4. The second-order valence-corrected chi connectivity index (χ2v) is 7.75. The number of sulfone groups is 1. The van der Waals surface area contributed by atoms with Crippen molar-refractivity contribution in [1.29, 1.82) is 0 Å². The Morgan fingerprint density at radius 3 is 2.75 bits per heavy atom. The van der Waals surface area contributed by atoms with E-state index < -0.39 is 21.8 Å². The summed E-state index contributed by atoms with van der Waals surface area (Å²) in [6.07, 6.45) is 2.32. The molecule has 3 rings (SSSR count). The second kappa shape index (κ2) is 5.33. The molecule has 0 amide bonds. The lowest BCUT2D eigenvalue weighted by molar-refractivity contribution is 0.215. The molecule has 2 aliphatic rings. The molecule has 0 spiro atoms. The van der Waals surface area contributed by atoms with Gasteiger partial charge in [0.05, 0.1) is 11.5 Å². The molecule has 20 heavy (non-hydrogen) atoms. The molecule has 0 aromatic heterocycles. The third-order valence-electron chi connectivity index (χ3n) is 3.68. The van der Waals surface area contributed by atoms with E-state index in [9.17, 15) is 12.8 Å². The maximum Gasteiger partial charge on any atom is 0.165 e. The maximum absolute atomic E-state index is 13.9. The van der Waals surface area contributed by atoms with Crippen LogP contribution in [0.15, 0.2) is 18.2 Å². The van der Waals surface area contributed by atoms with E-state index in [1.807, 2.05) is 6.07 Å². The summed E-state index contributed by atoms with van der Waals surface area (Å²) in [5, 5.41) is 3.32. The van der Waals surface area contributed by atoms with Gasteiger partial charge < -0.3 is 10.1 Å². The first-order valence-electron chi connectivity index (χ1n) is 6.91. The molecule has 4 nitrogen and oxygen atoms in total. The zero-order valence-corrected chi connectivity index (χ0v) is 12.0. The number of rotatable bonds is 5. The first kappa shape index (κ1) is 13.8. The molecular formula is C14H18FNO3S. The predicted molar refractivity (Wildman–Crippen MR) is 73.9 cm³/mol. The number of benzene rings is 1. The summed E-state index contributed by atoms with van der Waals surface area (Å²) in [4.78, 5) is 0. The van der Waals surface area contributed by atoms with E-state index in [0.29, 0.717) is 19.0 Å². The maximum atomic E-state index is 13.9. The zero-order valence-electron chi connectivity index (χ0n) is 11.1. The van der Waals surface area contributed by atoms with Crippen molar-refractivity contribution in [2.24, 2.45) is 0 Å². The molecule has 1 aromatic carbocycles. The molecule has 1 unspecified atom stereocenters. The van der Waals surface area contributed by atoms with E-state index in [1.54, 1.807) is 6.07 Å². The van der Waals surface area contributed by atoms with Crippen LogP contribution in [0.25, 0.3) is 0 Å². The fourth-order valence-electron chi connectivity index (χ4n) is 2.39. The highest BCUT2D eigenvalue weighted by Gasteiger charge is 2.30. The van der Waals surface area contributed by atoms with E-state index in [0.717, 1.165) is 18.4 Å². The summed E-state index contributed by atoms with van der Waals surface area (Å²) in [6, 6.07) is 5.34. The highest BCUT2D eigenvalue weighted by Crippen LogP contribution is 2.28. The van der Waals surface area contributed by atoms with Crippen LogP contribution in [0.2, 0.25) is 0 Å². The van der Waals surface area contributed by atoms with Gasteiger partial charge in [0.25, 0.3) is 0 Å². The van der Waals surface area contributed by atoms with Crippen LogP contribution in [0.1, 0.15) is 24.8 Å². The average Bonchev–Trinajstić information content (AvgIpc) is 3.15. The van der Waals surface area contributed by atoms with Gasteiger partial charge in [-0.25, -0.2) is 12.8 Å². The SMILES string of the molecule is O=S1(=O)CCC(Oc2c(F)cccc2CNC2CC2)C1. The van der Waals surface area contributed by atoms with E-state index in [1.165, 1.54) is 6.07 Å². The molecule has 0 radical (unpaired) electrons. The van der Waals surface area contributed by atoms with Crippen molar-refractivity contribution in [3.05, 3.63) is 29.6 Å². The molecule has 2 fully saturated rings. The Balaban J connectivity index is 1.73. The van der Waals surface area contributed by atoms with Gasteiger partial charge in [-0.05, 0) is 25.3 Å². The van der Waals surface area contributed by atoms with Gasteiger partial charge in [-0.2, -0.15) is 0 Å². The van der Waals surface area contributed by atoms with E-state index >= 15 is 0 Å². The lowest BCUT2D eigenvalue weighted by atomic mass is 10.2. The van der Waals surface area contributed by atoms with Crippen molar-refractivity contribution < 1.29 is 17.5 Å². The van der Waals surface area contributed by atoms with Gasteiger partial charge in [0.15, 0.2) is 21.4 Å². The summed E-state index contributed by atoms with van der Waals surface area (Å²) in [6.45, 7) is 0.553. The Kier molecular flexibility index (Phi) is 3.69. The molecular weight excluding hydrogens is 281 g/mol. The van der Waals surface area contributed by atoms with Crippen LogP contribution in [0.5, 0.6) is 5.75 Å². The van der Waals surface area contributed by atoms with Crippen LogP contribution in [-0.2, 0) is 16.4 Å². The van der Waals surface area contributed by atoms with E-state index in [2.05, 4.69) is 5.32 Å². The molecule has 1 aliphatic heterocycles. The number of nitrogens with one attached hydrogen (secondary N) is 1. The molecule has 0 bridgehead atoms. The highest BCUT2D eigenvalue weighted by atomic mass is 32.2. The minimum absolute atomic E-state index is 0.0170. The van der Waals surface area contributed by atoms with Gasteiger partial charge >= 0.3 is 0 Å². The third kappa shape index (κ3) is 3.30. The van der Waals surface area contributed by atoms with Crippen LogP contribution in [-0.4, -0.2) is 32.1 Å². The van der Waals surface area contributed by atoms with Gasteiger partial charge in [-0.3, -0.25) is 0 Å². The van der Waals surface area contributed by atoms with E-state index in [-0.39, 0.29) is 17.3 Å². The molecule has 1 saturated heterocycles. The molecule has 110 valence electrons. The quantitative estimate of drug-likeness (QED) is 0.898. The topological polar surface area (TPSA) is 55.4 Å². The molecule has 1 heterocycles. The number of halogens is 1. The fourth-order valence-corrected chi connectivity index (χ4v) is 3.98. The molecule has 1 aliphatic carbocycles. The normalized spacial score (nSPS) is 24.8. The summed E-state index contributed by atoms with van der Waals surface area (Å²) < 4.78 is 42.4. The number of para-hydroxylation sites is 1. The Labute approximate surface area is 118 Å². The Bertz CT molecular complexity index is 598. The highest BCUT2D eigenvalue weighted by molar-refractivity contribution is 7.91. The van der Waals surface area contributed by atoms with Crippen molar-refractivity contribution in [2.75, 3.05) is 11.5 Å². The Morgan fingerprint density at radius 2 is 2.10 bits per heavy atom. The van der Waals surface area contributed by atoms with Gasteiger partial charge in [0.1, 0.15) is 6.10 Å². The number of hydrogen-bond donors (Lipinski definition) is 1. The smallest absolute Gasteiger partial charge is 0.165 e. The minimum Gasteiger partial charge on any atom is -0.486 e. The average molecular weight is 299 g/mol. The van der Waals surface area contributed by atoms with Crippen molar-refractivity contribution >= 4 is 9.84 Å².